The molecule has 0 saturated carbocycles. The lowest BCUT2D eigenvalue weighted by Gasteiger charge is -2.17. The lowest BCUT2D eigenvalue weighted by atomic mass is 9.90. The van der Waals surface area contributed by atoms with Crippen LogP contribution in [-0.2, 0) is 16.0 Å². The topological polar surface area (TPSA) is 79.8 Å². The number of fused-ring (bicyclic) bond motifs is 1. The number of hydrogen-bond donors (Lipinski definition) is 2. The van der Waals surface area contributed by atoms with Crippen LogP contribution in [0, 0.1) is 0 Å². The van der Waals surface area contributed by atoms with Gasteiger partial charge in [-0.3, -0.25) is 9.59 Å². The Morgan fingerprint density at radius 2 is 1.75 bits per heavy atom. The van der Waals surface area contributed by atoms with E-state index < -0.39 is 0 Å². The van der Waals surface area contributed by atoms with Crippen LogP contribution in [-0.4, -0.2) is 24.1 Å². The van der Waals surface area contributed by atoms with Crippen LogP contribution in [0.2, 0.25) is 0 Å². The summed E-state index contributed by atoms with van der Waals surface area (Å²) in [5.41, 5.74) is 6.52. The fourth-order valence-electron chi connectivity index (χ4n) is 3.15. The van der Waals surface area contributed by atoms with Crippen LogP contribution in [0.4, 0.5) is 5.69 Å². The maximum atomic E-state index is 12.1. The normalized spacial score (nSPS) is 14.2. The van der Waals surface area contributed by atoms with E-state index in [1.165, 1.54) is 5.56 Å². The van der Waals surface area contributed by atoms with Crippen molar-refractivity contribution in [3.05, 3.63) is 59.7 Å². The second-order valence-electron chi connectivity index (χ2n) is 6.61. The molecule has 0 spiro atoms. The zero-order valence-electron chi connectivity index (χ0n) is 16.0. The number of nitrogens with one attached hydrogen (secondary N) is 2. The minimum atomic E-state index is -0.266. The average Bonchev–Trinajstić information content (AvgIpc) is 2.72. The first-order valence-electron chi connectivity index (χ1n) is 9.62. The predicted molar refractivity (Wildman–Crippen MR) is 110 cm³/mol. The molecule has 2 amide bonds. The molecule has 0 heterocycles. The molecule has 1 aliphatic carbocycles. The number of carbonyl (C=O) groups is 2. The second kappa shape index (κ2) is 9.69. The van der Waals surface area contributed by atoms with E-state index in [4.69, 9.17) is 4.74 Å². The van der Waals surface area contributed by atoms with Crippen molar-refractivity contribution >= 4 is 23.2 Å². The van der Waals surface area contributed by atoms with E-state index in [0.717, 1.165) is 36.3 Å². The highest BCUT2D eigenvalue weighted by molar-refractivity contribution is 6.03. The number of aryl methyl sites for hydroxylation is 1. The van der Waals surface area contributed by atoms with Crippen LogP contribution in [0.1, 0.15) is 43.7 Å². The van der Waals surface area contributed by atoms with Crippen LogP contribution < -0.4 is 15.5 Å². The Morgan fingerprint density at radius 1 is 1.00 bits per heavy atom. The lowest BCUT2D eigenvalue weighted by Crippen LogP contribution is -2.23. The monoisotopic (exact) mass is 379 g/mol. The minimum Gasteiger partial charge on any atom is -0.494 e. The molecule has 6 heteroatoms. The smallest absolute Gasteiger partial charge is 0.240 e. The van der Waals surface area contributed by atoms with Gasteiger partial charge >= 0.3 is 0 Å². The summed E-state index contributed by atoms with van der Waals surface area (Å²) >= 11 is 0. The third-order valence-corrected chi connectivity index (χ3v) is 4.53. The molecule has 0 aliphatic heterocycles. The van der Waals surface area contributed by atoms with Crippen LogP contribution in [0.25, 0.3) is 0 Å². The first kappa shape index (κ1) is 19.6. The van der Waals surface area contributed by atoms with Crippen molar-refractivity contribution in [3.8, 4) is 5.75 Å². The summed E-state index contributed by atoms with van der Waals surface area (Å²) < 4.78 is 5.37. The van der Waals surface area contributed by atoms with Gasteiger partial charge in [-0.25, -0.2) is 5.43 Å². The Hall–Kier alpha value is -3.15. The number of amides is 2. The predicted octanol–water partition coefficient (Wildman–Crippen LogP) is 3.66. The first-order valence-corrected chi connectivity index (χ1v) is 9.62. The highest BCUT2D eigenvalue weighted by atomic mass is 16.5. The van der Waals surface area contributed by atoms with Crippen LogP contribution in [0.3, 0.4) is 0 Å². The van der Waals surface area contributed by atoms with Gasteiger partial charge < -0.3 is 10.1 Å². The Morgan fingerprint density at radius 3 is 2.54 bits per heavy atom. The van der Waals surface area contributed by atoms with E-state index in [1.54, 1.807) is 24.3 Å². The van der Waals surface area contributed by atoms with Gasteiger partial charge in [0.05, 0.1) is 12.3 Å². The number of hydrazone groups is 1. The van der Waals surface area contributed by atoms with Gasteiger partial charge in [-0.15, -0.1) is 0 Å². The zero-order chi connectivity index (χ0) is 19.8. The average molecular weight is 379 g/mol. The summed E-state index contributed by atoms with van der Waals surface area (Å²) in [6.45, 7) is 2.51. The summed E-state index contributed by atoms with van der Waals surface area (Å²) in [5.74, 6) is 0.274. The van der Waals surface area contributed by atoms with Gasteiger partial charge in [0.25, 0.3) is 0 Å². The molecule has 2 aromatic carbocycles. The van der Waals surface area contributed by atoms with E-state index in [9.17, 15) is 9.59 Å². The van der Waals surface area contributed by atoms with Gasteiger partial charge in [0.15, 0.2) is 0 Å². The molecule has 146 valence electrons. The number of rotatable bonds is 7. The van der Waals surface area contributed by atoms with Gasteiger partial charge in [-0.05, 0) is 56.0 Å². The summed E-state index contributed by atoms with van der Waals surface area (Å²) in [6.07, 6.45) is 3.09. The highest BCUT2D eigenvalue weighted by Gasteiger charge is 2.15. The molecule has 6 nitrogen and oxygen atoms in total. The first-order chi connectivity index (χ1) is 13.7. The van der Waals surface area contributed by atoms with Crippen molar-refractivity contribution in [2.24, 2.45) is 5.10 Å². The van der Waals surface area contributed by atoms with Gasteiger partial charge in [0.2, 0.25) is 11.8 Å². The SMILES string of the molecule is CCOc1ccc(NC(=O)CCC(=O)NN=C2CCCc3ccccc32)cc1. The molecular formula is C22H25N3O3. The molecule has 1 aliphatic rings. The maximum absolute atomic E-state index is 12.1. The molecule has 0 fully saturated rings. The minimum absolute atomic E-state index is 0.0846. The molecular weight excluding hydrogens is 354 g/mol. The van der Waals surface area contributed by atoms with Crippen molar-refractivity contribution in [1.29, 1.82) is 0 Å². The standard InChI is InChI=1S/C22H25N3O3/c1-2-28-18-12-10-17(11-13-18)23-21(26)14-15-22(27)25-24-20-9-5-7-16-6-3-4-8-19(16)20/h3-4,6,8,10-13H,2,5,7,9,14-15H2,1H3,(H,23,26)(H,25,27). The number of nitrogens with zero attached hydrogens (tertiary/aromatic N) is 1. The summed E-state index contributed by atoms with van der Waals surface area (Å²) in [4.78, 5) is 24.1. The molecule has 0 aromatic heterocycles. The zero-order valence-corrected chi connectivity index (χ0v) is 16.0. The van der Waals surface area contributed by atoms with Gasteiger partial charge in [-0.1, -0.05) is 24.3 Å². The quantitative estimate of drug-likeness (QED) is 0.721. The molecule has 3 rings (SSSR count). The molecule has 0 saturated heterocycles. The van der Waals surface area contributed by atoms with Gasteiger partial charge in [-0.2, -0.15) is 5.10 Å². The number of carbonyl (C=O) groups excluding carboxylic acids is 2. The number of benzene rings is 2. The Kier molecular flexibility index (Phi) is 6.78. The Labute approximate surface area is 165 Å². The van der Waals surface area contributed by atoms with E-state index in [1.807, 2.05) is 25.1 Å². The largest absolute Gasteiger partial charge is 0.494 e. The van der Waals surface area contributed by atoms with Crippen molar-refractivity contribution in [1.82, 2.24) is 5.43 Å². The fourth-order valence-corrected chi connectivity index (χ4v) is 3.15. The molecule has 28 heavy (non-hydrogen) atoms. The van der Waals surface area contributed by atoms with Crippen molar-refractivity contribution in [2.75, 3.05) is 11.9 Å². The molecule has 2 N–H and O–H groups in total. The Bertz CT molecular complexity index is 860. The van der Waals surface area contributed by atoms with Crippen molar-refractivity contribution in [2.45, 2.75) is 39.0 Å². The summed E-state index contributed by atoms with van der Waals surface area (Å²) in [6, 6.07) is 15.3. The summed E-state index contributed by atoms with van der Waals surface area (Å²) in [7, 11) is 0. The lowest BCUT2D eigenvalue weighted by molar-refractivity contribution is -0.124. The molecule has 0 bridgehead atoms. The van der Waals surface area contributed by atoms with E-state index in [2.05, 4.69) is 21.9 Å². The molecule has 0 unspecified atom stereocenters. The third-order valence-electron chi connectivity index (χ3n) is 4.53. The van der Waals surface area contributed by atoms with Crippen molar-refractivity contribution < 1.29 is 14.3 Å². The van der Waals surface area contributed by atoms with E-state index in [-0.39, 0.29) is 24.7 Å². The highest BCUT2D eigenvalue weighted by Crippen LogP contribution is 2.21. The number of hydrogen-bond acceptors (Lipinski definition) is 4. The second-order valence-corrected chi connectivity index (χ2v) is 6.61. The molecule has 2 aromatic rings. The van der Waals surface area contributed by atoms with E-state index in [0.29, 0.717) is 12.3 Å². The molecule has 0 atom stereocenters. The Balaban J connectivity index is 1.46. The fraction of sp³-hybridized carbons (Fsp3) is 0.318. The number of ether oxygens (including phenoxy) is 1. The molecule has 0 radical (unpaired) electrons. The third kappa shape index (κ3) is 5.42. The summed E-state index contributed by atoms with van der Waals surface area (Å²) in [5, 5.41) is 7.06. The van der Waals surface area contributed by atoms with Crippen LogP contribution >= 0.6 is 0 Å². The van der Waals surface area contributed by atoms with Gasteiger partial charge in [0, 0.05) is 24.1 Å². The van der Waals surface area contributed by atoms with Crippen LogP contribution in [0.5, 0.6) is 5.75 Å². The van der Waals surface area contributed by atoms with Gasteiger partial charge in [0.1, 0.15) is 5.75 Å². The number of anilines is 1. The maximum Gasteiger partial charge on any atom is 0.240 e. The van der Waals surface area contributed by atoms with E-state index >= 15 is 0 Å². The van der Waals surface area contributed by atoms with Crippen molar-refractivity contribution in [3.63, 3.8) is 0 Å². The van der Waals surface area contributed by atoms with Crippen LogP contribution in [0.15, 0.2) is 53.6 Å².